The number of hydrogen-bond donors (Lipinski definition) is 0. The highest BCUT2D eigenvalue weighted by atomic mass is 32.2. The number of unbranched alkanes of at least 4 members (excludes halogenated alkanes) is 1. The van der Waals surface area contributed by atoms with Crippen molar-refractivity contribution in [3.8, 4) is 6.07 Å². The lowest BCUT2D eigenvalue weighted by molar-refractivity contribution is -0.141. The number of thioether (sulfide) groups is 1. The van der Waals surface area contributed by atoms with Crippen LogP contribution in [0.25, 0.3) is 0 Å². The fourth-order valence-corrected chi connectivity index (χ4v) is 1.72. The van der Waals surface area contributed by atoms with Gasteiger partial charge in [0.2, 0.25) is 5.16 Å². The highest BCUT2D eigenvalue weighted by Crippen LogP contribution is 2.15. The van der Waals surface area contributed by atoms with Crippen LogP contribution in [0.4, 0.5) is 0 Å². The molecule has 1 rings (SSSR count). The SMILES string of the molecule is COC(=O)Cn1nnnc1SCCCC#N. The maximum absolute atomic E-state index is 11.0. The molecule has 0 unspecified atom stereocenters. The lowest BCUT2D eigenvalue weighted by Crippen LogP contribution is -2.13. The minimum Gasteiger partial charge on any atom is -0.468 e. The van der Waals surface area contributed by atoms with E-state index in [0.717, 1.165) is 12.2 Å². The fraction of sp³-hybridized carbons (Fsp3) is 0.625. The van der Waals surface area contributed by atoms with Crippen molar-refractivity contribution in [2.75, 3.05) is 12.9 Å². The molecule has 0 aliphatic heterocycles. The lowest BCUT2D eigenvalue weighted by Gasteiger charge is -2.01. The van der Waals surface area contributed by atoms with E-state index in [2.05, 4.69) is 26.3 Å². The Balaban J connectivity index is 2.44. The average molecular weight is 241 g/mol. The Hall–Kier alpha value is -1.62. The number of hydrogen-bond acceptors (Lipinski definition) is 7. The van der Waals surface area contributed by atoms with Gasteiger partial charge in [-0.15, -0.1) is 5.10 Å². The van der Waals surface area contributed by atoms with Crippen LogP contribution < -0.4 is 0 Å². The second-order valence-corrected chi connectivity index (χ2v) is 3.87. The second kappa shape index (κ2) is 6.79. The molecule has 1 heterocycles. The van der Waals surface area contributed by atoms with Crippen LogP contribution in [0.5, 0.6) is 0 Å². The van der Waals surface area contributed by atoms with Crippen molar-refractivity contribution in [2.45, 2.75) is 24.5 Å². The van der Waals surface area contributed by atoms with Crippen LogP contribution in [-0.2, 0) is 16.1 Å². The van der Waals surface area contributed by atoms with Gasteiger partial charge < -0.3 is 4.74 Å². The van der Waals surface area contributed by atoms with Crippen molar-refractivity contribution < 1.29 is 9.53 Å². The number of tetrazole rings is 1. The third-order valence-electron chi connectivity index (χ3n) is 1.67. The standard InChI is InChI=1S/C8H11N5O2S/c1-15-7(14)6-13-8(10-11-12-13)16-5-3-2-4-9/h2-3,5-6H2,1H3. The van der Waals surface area contributed by atoms with Gasteiger partial charge in [0.1, 0.15) is 6.54 Å². The number of ether oxygens (including phenoxy) is 1. The monoisotopic (exact) mass is 241 g/mol. The Bertz CT molecular complexity index is 386. The normalized spacial score (nSPS) is 9.75. The minimum absolute atomic E-state index is 0.00405. The Labute approximate surface area is 96.8 Å². The van der Waals surface area contributed by atoms with E-state index >= 15 is 0 Å². The molecule has 0 aliphatic carbocycles. The largest absolute Gasteiger partial charge is 0.468 e. The van der Waals surface area contributed by atoms with Gasteiger partial charge in [-0.05, 0) is 16.8 Å². The molecule has 0 N–H and O–H groups in total. The van der Waals surface area contributed by atoms with Crippen molar-refractivity contribution in [2.24, 2.45) is 0 Å². The summed E-state index contributed by atoms with van der Waals surface area (Å²) < 4.78 is 5.89. The van der Waals surface area contributed by atoms with Crippen molar-refractivity contribution in [1.82, 2.24) is 20.2 Å². The third-order valence-corrected chi connectivity index (χ3v) is 2.71. The van der Waals surface area contributed by atoms with Crippen LogP contribution in [0, 0.1) is 11.3 Å². The summed E-state index contributed by atoms with van der Waals surface area (Å²) in [4.78, 5) is 11.0. The molecule has 0 radical (unpaired) electrons. The maximum atomic E-state index is 11.0. The molecular formula is C8H11N5O2S. The molecule has 0 atom stereocenters. The zero-order valence-corrected chi connectivity index (χ0v) is 9.61. The number of esters is 1. The molecule has 86 valence electrons. The van der Waals surface area contributed by atoms with E-state index in [1.807, 2.05) is 0 Å². The van der Waals surface area contributed by atoms with Gasteiger partial charge in [0, 0.05) is 12.2 Å². The molecule has 0 saturated carbocycles. The van der Waals surface area contributed by atoms with Crippen LogP contribution >= 0.6 is 11.8 Å². The first kappa shape index (κ1) is 12.4. The molecule has 0 aliphatic rings. The molecule has 0 bridgehead atoms. The van der Waals surface area contributed by atoms with Gasteiger partial charge in [-0.25, -0.2) is 4.68 Å². The van der Waals surface area contributed by atoms with Gasteiger partial charge in [-0.3, -0.25) is 4.79 Å². The van der Waals surface area contributed by atoms with Crippen molar-refractivity contribution >= 4 is 17.7 Å². The molecule has 0 aromatic carbocycles. The van der Waals surface area contributed by atoms with E-state index in [1.165, 1.54) is 23.6 Å². The van der Waals surface area contributed by atoms with Crippen molar-refractivity contribution in [3.63, 3.8) is 0 Å². The van der Waals surface area contributed by atoms with E-state index in [9.17, 15) is 4.79 Å². The Kier molecular flexibility index (Phi) is 5.28. The summed E-state index contributed by atoms with van der Waals surface area (Å²) in [5.41, 5.74) is 0. The zero-order valence-electron chi connectivity index (χ0n) is 8.79. The second-order valence-electron chi connectivity index (χ2n) is 2.81. The summed E-state index contributed by atoms with van der Waals surface area (Å²) in [6, 6.07) is 2.06. The average Bonchev–Trinajstić information content (AvgIpc) is 2.72. The maximum Gasteiger partial charge on any atom is 0.327 e. The van der Waals surface area contributed by atoms with Crippen molar-refractivity contribution in [1.29, 1.82) is 5.26 Å². The minimum atomic E-state index is -0.397. The predicted octanol–water partition coefficient (Wildman–Crippen LogP) is 0.242. The fourth-order valence-electron chi connectivity index (χ4n) is 0.901. The zero-order chi connectivity index (χ0) is 11.8. The number of carbonyl (C=O) groups excluding carboxylic acids is 1. The topological polar surface area (TPSA) is 93.7 Å². The van der Waals surface area contributed by atoms with Crippen LogP contribution in [0.3, 0.4) is 0 Å². The Morgan fingerprint density at radius 3 is 3.19 bits per heavy atom. The highest BCUT2D eigenvalue weighted by Gasteiger charge is 2.10. The van der Waals surface area contributed by atoms with E-state index in [4.69, 9.17) is 5.26 Å². The summed E-state index contributed by atoms with van der Waals surface area (Å²) >= 11 is 1.41. The van der Waals surface area contributed by atoms with E-state index < -0.39 is 5.97 Å². The molecular weight excluding hydrogens is 230 g/mol. The van der Waals surface area contributed by atoms with Crippen LogP contribution in [0.1, 0.15) is 12.8 Å². The highest BCUT2D eigenvalue weighted by molar-refractivity contribution is 7.99. The molecule has 8 heteroatoms. The summed E-state index contributed by atoms with van der Waals surface area (Å²) in [7, 11) is 1.31. The molecule has 0 amide bonds. The first-order chi connectivity index (χ1) is 7.77. The Morgan fingerprint density at radius 1 is 1.69 bits per heavy atom. The molecule has 0 saturated heterocycles. The molecule has 16 heavy (non-hydrogen) atoms. The quantitative estimate of drug-likeness (QED) is 0.400. The number of methoxy groups -OCH3 is 1. The number of nitrogens with zero attached hydrogens (tertiary/aromatic N) is 5. The summed E-state index contributed by atoms with van der Waals surface area (Å²) in [5.74, 6) is 0.348. The molecule has 0 fully saturated rings. The van der Waals surface area contributed by atoms with Crippen LogP contribution in [0.15, 0.2) is 5.16 Å². The molecule has 1 aromatic rings. The van der Waals surface area contributed by atoms with Gasteiger partial charge >= 0.3 is 5.97 Å². The van der Waals surface area contributed by atoms with Crippen molar-refractivity contribution in [3.05, 3.63) is 0 Å². The van der Waals surface area contributed by atoms with Gasteiger partial charge in [0.05, 0.1) is 13.2 Å². The molecule has 1 aromatic heterocycles. The van der Waals surface area contributed by atoms with Gasteiger partial charge in [-0.2, -0.15) is 5.26 Å². The van der Waals surface area contributed by atoms with Crippen LogP contribution in [0.2, 0.25) is 0 Å². The molecule has 0 spiro atoms. The van der Waals surface area contributed by atoms with E-state index in [-0.39, 0.29) is 6.54 Å². The summed E-state index contributed by atoms with van der Waals surface area (Å²) in [6.45, 7) is 0.00405. The smallest absolute Gasteiger partial charge is 0.327 e. The van der Waals surface area contributed by atoms with Gasteiger partial charge in [-0.1, -0.05) is 11.8 Å². The van der Waals surface area contributed by atoms with Gasteiger partial charge in [0.25, 0.3) is 0 Å². The van der Waals surface area contributed by atoms with Gasteiger partial charge in [0.15, 0.2) is 0 Å². The third kappa shape index (κ3) is 3.86. The van der Waals surface area contributed by atoms with E-state index in [1.54, 1.807) is 0 Å². The summed E-state index contributed by atoms with van der Waals surface area (Å²) in [5, 5.41) is 19.8. The number of carbonyl (C=O) groups is 1. The summed E-state index contributed by atoms with van der Waals surface area (Å²) in [6.07, 6.45) is 1.28. The Morgan fingerprint density at radius 2 is 2.50 bits per heavy atom. The predicted molar refractivity (Wildman–Crippen MR) is 55.4 cm³/mol. The number of aromatic nitrogens is 4. The number of nitriles is 1. The van der Waals surface area contributed by atoms with E-state index in [0.29, 0.717) is 11.6 Å². The first-order valence-corrected chi connectivity index (χ1v) is 5.59. The van der Waals surface area contributed by atoms with Crippen LogP contribution in [-0.4, -0.2) is 39.0 Å². The number of rotatable bonds is 6. The molecule has 7 nitrogen and oxygen atoms in total. The lowest BCUT2D eigenvalue weighted by atomic mass is 10.4. The first-order valence-electron chi connectivity index (χ1n) is 4.60.